The lowest BCUT2D eigenvalue weighted by atomic mass is 10.1. The van der Waals surface area contributed by atoms with Gasteiger partial charge in [-0.2, -0.15) is 5.10 Å². The lowest BCUT2D eigenvalue weighted by Gasteiger charge is -2.17. The van der Waals surface area contributed by atoms with Crippen molar-refractivity contribution < 1.29 is 18.9 Å². The second-order valence-corrected chi connectivity index (χ2v) is 6.93. The summed E-state index contributed by atoms with van der Waals surface area (Å²) in [6, 6.07) is 13.1. The topological polar surface area (TPSA) is 89.6 Å². The maximum Gasteiger partial charge on any atom is 0.265 e. The molecule has 0 bridgehead atoms. The fraction of sp³-hybridized carbons (Fsp3) is 0.261. The van der Waals surface area contributed by atoms with Gasteiger partial charge in [-0.15, -0.1) is 0 Å². The van der Waals surface area contributed by atoms with Crippen LogP contribution < -0.4 is 19.8 Å². The Kier molecular flexibility index (Phi) is 6.09. The molecule has 0 amide bonds. The third-order valence-corrected chi connectivity index (χ3v) is 5.13. The molecule has 4 rings (SSSR count). The molecule has 32 heavy (non-hydrogen) atoms. The molecule has 0 saturated heterocycles. The van der Waals surface area contributed by atoms with E-state index in [9.17, 15) is 4.79 Å². The molecule has 4 aromatic rings. The highest BCUT2D eigenvalue weighted by Gasteiger charge is 2.21. The van der Waals surface area contributed by atoms with E-state index in [0.717, 1.165) is 5.69 Å². The third kappa shape index (κ3) is 3.67. The molecule has 2 aromatic carbocycles. The van der Waals surface area contributed by atoms with E-state index < -0.39 is 0 Å². The second kappa shape index (κ2) is 9.11. The number of hydrogen-bond donors (Lipinski definition) is 0. The lowest BCUT2D eigenvalue weighted by Crippen LogP contribution is -2.25. The van der Waals surface area contributed by atoms with E-state index in [4.69, 9.17) is 23.9 Å². The van der Waals surface area contributed by atoms with E-state index in [1.54, 1.807) is 48.9 Å². The average molecular weight is 436 g/mol. The Balaban J connectivity index is 2.02. The molecule has 0 atom stereocenters. The van der Waals surface area contributed by atoms with Crippen molar-refractivity contribution in [1.82, 2.24) is 19.3 Å². The summed E-state index contributed by atoms with van der Waals surface area (Å²) in [4.78, 5) is 18.3. The Labute approximate surface area is 184 Å². The van der Waals surface area contributed by atoms with Crippen molar-refractivity contribution in [1.29, 1.82) is 0 Å². The van der Waals surface area contributed by atoms with Crippen molar-refractivity contribution in [2.24, 2.45) is 0 Å². The summed E-state index contributed by atoms with van der Waals surface area (Å²) in [5.41, 5.74) is 1.69. The van der Waals surface area contributed by atoms with E-state index in [1.807, 2.05) is 30.3 Å². The fourth-order valence-electron chi connectivity index (χ4n) is 3.58. The van der Waals surface area contributed by atoms with Crippen molar-refractivity contribution in [3.05, 3.63) is 59.0 Å². The van der Waals surface area contributed by atoms with Crippen LogP contribution in [0, 0.1) is 0 Å². The highest BCUT2D eigenvalue weighted by Crippen LogP contribution is 2.40. The van der Waals surface area contributed by atoms with E-state index in [1.165, 1.54) is 7.11 Å². The Morgan fingerprint density at radius 1 is 0.938 bits per heavy atom. The molecule has 9 heteroatoms. The molecule has 0 aliphatic heterocycles. The van der Waals surface area contributed by atoms with Gasteiger partial charge >= 0.3 is 0 Å². The van der Waals surface area contributed by atoms with Gasteiger partial charge in [-0.05, 0) is 24.3 Å². The number of hydrogen-bond acceptors (Lipinski definition) is 7. The van der Waals surface area contributed by atoms with Crippen LogP contribution in [0.3, 0.4) is 0 Å². The number of nitrogens with zero attached hydrogens (tertiary/aromatic N) is 4. The molecule has 0 radical (unpaired) electrons. The number of para-hydroxylation sites is 1. The fourth-order valence-corrected chi connectivity index (χ4v) is 3.58. The van der Waals surface area contributed by atoms with E-state index >= 15 is 0 Å². The van der Waals surface area contributed by atoms with Crippen LogP contribution in [-0.2, 0) is 11.3 Å². The van der Waals surface area contributed by atoms with Crippen LogP contribution in [-0.4, -0.2) is 54.4 Å². The summed E-state index contributed by atoms with van der Waals surface area (Å²) >= 11 is 0. The largest absolute Gasteiger partial charge is 0.493 e. The van der Waals surface area contributed by atoms with Gasteiger partial charge in [0.2, 0.25) is 5.75 Å². The first-order chi connectivity index (χ1) is 15.6. The van der Waals surface area contributed by atoms with Crippen LogP contribution >= 0.6 is 0 Å². The van der Waals surface area contributed by atoms with Crippen molar-refractivity contribution in [2.45, 2.75) is 6.54 Å². The number of rotatable bonds is 8. The van der Waals surface area contributed by atoms with Gasteiger partial charge in [0, 0.05) is 12.7 Å². The molecule has 0 saturated carbocycles. The minimum atomic E-state index is -0.210. The molecular formula is C23H24N4O5. The monoisotopic (exact) mass is 436 g/mol. The summed E-state index contributed by atoms with van der Waals surface area (Å²) in [7, 11) is 6.21. The quantitative estimate of drug-likeness (QED) is 0.420. The van der Waals surface area contributed by atoms with Gasteiger partial charge in [-0.1, -0.05) is 18.2 Å². The van der Waals surface area contributed by atoms with Gasteiger partial charge in [-0.25, -0.2) is 9.67 Å². The summed E-state index contributed by atoms with van der Waals surface area (Å²) in [5, 5.41) is 4.84. The zero-order chi connectivity index (χ0) is 22.7. The molecule has 0 aliphatic rings. The maximum atomic E-state index is 13.4. The Hall–Kier alpha value is -3.85. The number of methoxy groups -OCH3 is 4. The molecule has 2 heterocycles. The first-order valence-electron chi connectivity index (χ1n) is 9.96. The zero-order valence-electron chi connectivity index (χ0n) is 18.4. The number of aromatic nitrogens is 4. The minimum Gasteiger partial charge on any atom is -0.493 e. The highest BCUT2D eigenvalue weighted by molar-refractivity contribution is 5.78. The highest BCUT2D eigenvalue weighted by atomic mass is 16.5. The average Bonchev–Trinajstić information content (AvgIpc) is 3.27. The Bertz CT molecular complexity index is 1270. The van der Waals surface area contributed by atoms with Gasteiger partial charge in [0.15, 0.2) is 17.1 Å². The predicted molar refractivity (Wildman–Crippen MR) is 120 cm³/mol. The van der Waals surface area contributed by atoms with Gasteiger partial charge in [0.1, 0.15) is 11.2 Å². The molecule has 0 unspecified atom stereocenters. The third-order valence-electron chi connectivity index (χ3n) is 5.13. The number of fused-ring (bicyclic) bond motifs is 1. The maximum absolute atomic E-state index is 13.4. The molecule has 0 spiro atoms. The van der Waals surface area contributed by atoms with Crippen molar-refractivity contribution in [3.8, 4) is 34.3 Å². The normalized spacial score (nSPS) is 11.0. The molecular weight excluding hydrogens is 412 g/mol. The minimum absolute atomic E-state index is 0.210. The lowest BCUT2D eigenvalue weighted by molar-refractivity contribution is 0.186. The summed E-state index contributed by atoms with van der Waals surface area (Å²) in [5.74, 6) is 1.83. The van der Waals surface area contributed by atoms with Crippen LogP contribution in [0.5, 0.6) is 17.2 Å². The summed E-state index contributed by atoms with van der Waals surface area (Å²) < 4.78 is 24.9. The predicted octanol–water partition coefficient (Wildman–Crippen LogP) is 2.92. The van der Waals surface area contributed by atoms with Crippen molar-refractivity contribution >= 4 is 11.0 Å². The van der Waals surface area contributed by atoms with Crippen LogP contribution in [0.2, 0.25) is 0 Å². The van der Waals surface area contributed by atoms with Gasteiger partial charge < -0.3 is 18.9 Å². The molecule has 0 N–H and O–H groups in total. The number of ether oxygens (including phenoxy) is 4. The van der Waals surface area contributed by atoms with Crippen molar-refractivity contribution in [2.75, 3.05) is 35.0 Å². The molecule has 166 valence electrons. The van der Waals surface area contributed by atoms with E-state index in [-0.39, 0.29) is 5.56 Å². The number of benzene rings is 2. The van der Waals surface area contributed by atoms with Crippen LogP contribution in [0.1, 0.15) is 0 Å². The van der Waals surface area contributed by atoms with Crippen LogP contribution in [0.15, 0.2) is 53.5 Å². The first-order valence-corrected chi connectivity index (χ1v) is 9.96. The van der Waals surface area contributed by atoms with E-state index in [0.29, 0.717) is 52.8 Å². The standard InChI is InChI=1S/C23H24N4O5/c1-29-11-10-26-21(15-12-18(30-2)20(32-4)19(13-15)31-3)25-22-17(23(26)28)14-24-27(22)16-8-6-5-7-9-16/h5-9,12-14H,10-11H2,1-4H3. The smallest absolute Gasteiger partial charge is 0.265 e. The van der Waals surface area contributed by atoms with Crippen LogP contribution in [0.4, 0.5) is 0 Å². The SMILES string of the molecule is COCCn1c(-c2cc(OC)c(OC)c(OC)c2)nc2c(cnn2-c2ccccc2)c1=O. The molecule has 0 fully saturated rings. The van der Waals surface area contributed by atoms with Gasteiger partial charge in [0.25, 0.3) is 5.56 Å². The van der Waals surface area contributed by atoms with Crippen molar-refractivity contribution in [3.63, 3.8) is 0 Å². The summed E-state index contributed by atoms with van der Waals surface area (Å²) in [6.07, 6.45) is 1.54. The first kappa shape index (κ1) is 21.4. The molecule has 9 nitrogen and oxygen atoms in total. The zero-order valence-corrected chi connectivity index (χ0v) is 18.4. The van der Waals surface area contributed by atoms with Crippen LogP contribution in [0.25, 0.3) is 28.1 Å². The second-order valence-electron chi connectivity index (χ2n) is 6.93. The molecule has 2 aromatic heterocycles. The van der Waals surface area contributed by atoms with E-state index in [2.05, 4.69) is 5.10 Å². The van der Waals surface area contributed by atoms with Gasteiger partial charge in [-0.3, -0.25) is 9.36 Å². The van der Waals surface area contributed by atoms with Gasteiger partial charge in [0.05, 0.1) is 46.4 Å². The Morgan fingerprint density at radius 3 is 2.22 bits per heavy atom. The summed E-state index contributed by atoms with van der Waals surface area (Å²) in [6.45, 7) is 0.665. The molecule has 0 aliphatic carbocycles. The Morgan fingerprint density at radius 2 is 1.62 bits per heavy atom.